The third-order valence-electron chi connectivity index (χ3n) is 3.79. The standard InChI is InChI=1S/C15H26O4/c1-8(2)5-6-10-13(17)12(15(19)14(10)18)11(16)7-9(3)4/h8-10,12,14-15,18-19H,5-7H2,1-4H3. The lowest BCUT2D eigenvalue weighted by atomic mass is 9.90. The fraction of sp³-hybridized carbons (Fsp3) is 0.867. The summed E-state index contributed by atoms with van der Waals surface area (Å²) in [6.45, 7) is 7.89. The minimum absolute atomic E-state index is 0.152. The molecule has 4 heteroatoms. The molecule has 0 aromatic heterocycles. The molecule has 110 valence electrons. The Labute approximate surface area is 115 Å². The van der Waals surface area contributed by atoms with Crippen molar-refractivity contribution < 1.29 is 19.8 Å². The highest BCUT2D eigenvalue weighted by molar-refractivity contribution is 6.06. The second-order valence-electron chi connectivity index (χ2n) is 6.50. The van der Waals surface area contributed by atoms with Crippen LogP contribution in [0.3, 0.4) is 0 Å². The Hall–Kier alpha value is -0.740. The Morgan fingerprint density at radius 2 is 1.68 bits per heavy atom. The number of ketones is 2. The molecule has 0 heterocycles. The highest BCUT2D eigenvalue weighted by atomic mass is 16.3. The second-order valence-corrected chi connectivity index (χ2v) is 6.50. The molecular formula is C15H26O4. The third-order valence-corrected chi connectivity index (χ3v) is 3.79. The first kappa shape index (κ1) is 16.3. The summed E-state index contributed by atoms with van der Waals surface area (Å²) in [5.41, 5.74) is 0. The molecule has 1 aliphatic rings. The van der Waals surface area contributed by atoms with E-state index in [-0.39, 0.29) is 23.9 Å². The molecule has 1 saturated carbocycles. The molecule has 0 amide bonds. The Morgan fingerprint density at radius 3 is 2.16 bits per heavy atom. The van der Waals surface area contributed by atoms with E-state index >= 15 is 0 Å². The smallest absolute Gasteiger partial charge is 0.151 e. The predicted octanol–water partition coefficient (Wildman–Crippen LogP) is 1.57. The minimum atomic E-state index is -1.23. The Kier molecular flexibility index (Phi) is 5.68. The molecule has 0 radical (unpaired) electrons. The largest absolute Gasteiger partial charge is 0.390 e. The summed E-state index contributed by atoms with van der Waals surface area (Å²) in [7, 11) is 0. The SMILES string of the molecule is CC(C)CCC1C(=O)C(C(=O)CC(C)C)C(O)C1O. The summed E-state index contributed by atoms with van der Waals surface area (Å²) < 4.78 is 0. The van der Waals surface area contributed by atoms with Crippen molar-refractivity contribution in [3.8, 4) is 0 Å². The van der Waals surface area contributed by atoms with Crippen LogP contribution in [0.1, 0.15) is 47.0 Å². The van der Waals surface area contributed by atoms with Crippen molar-refractivity contribution in [2.75, 3.05) is 0 Å². The molecule has 2 N–H and O–H groups in total. The first-order valence-electron chi connectivity index (χ1n) is 7.18. The van der Waals surface area contributed by atoms with E-state index in [0.717, 1.165) is 6.42 Å². The summed E-state index contributed by atoms with van der Waals surface area (Å²) >= 11 is 0. The quantitative estimate of drug-likeness (QED) is 0.719. The van der Waals surface area contributed by atoms with Crippen LogP contribution >= 0.6 is 0 Å². The lowest BCUT2D eigenvalue weighted by molar-refractivity contribution is -0.135. The highest BCUT2D eigenvalue weighted by Crippen LogP contribution is 2.34. The van der Waals surface area contributed by atoms with Crippen molar-refractivity contribution in [1.82, 2.24) is 0 Å². The topological polar surface area (TPSA) is 74.6 Å². The van der Waals surface area contributed by atoms with Crippen molar-refractivity contribution in [1.29, 1.82) is 0 Å². The number of carbonyl (C=O) groups is 2. The van der Waals surface area contributed by atoms with Crippen molar-refractivity contribution in [3.05, 3.63) is 0 Å². The molecule has 1 rings (SSSR count). The molecule has 1 aliphatic carbocycles. The number of aliphatic hydroxyl groups excluding tert-OH is 2. The van der Waals surface area contributed by atoms with Gasteiger partial charge in [0.2, 0.25) is 0 Å². The minimum Gasteiger partial charge on any atom is -0.390 e. The first-order valence-corrected chi connectivity index (χ1v) is 7.18. The third kappa shape index (κ3) is 3.86. The summed E-state index contributed by atoms with van der Waals surface area (Å²) in [4.78, 5) is 24.2. The number of carbonyl (C=O) groups excluding carboxylic acids is 2. The number of hydrogen-bond donors (Lipinski definition) is 2. The summed E-state index contributed by atoms with van der Waals surface area (Å²) in [6.07, 6.45) is -0.689. The number of rotatable bonds is 6. The van der Waals surface area contributed by atoms with E-state index in [0.29, 0.717) is 12.3 Å². The monoisotopic (exact) mass is 270 g/mol. The average Bonchev–Trinajstić information content (AvgIpc) is 2.47. The van der Waals surface area contributed by atoms with Gasteiger partial charge in [-0.05, 0) is 18.3 Å². The van der Waals surface area contributed by atoms with Gasteiger partial charge in [0, 0.05) is 12.3 Å². The lowest BCUT2D eigenvalue weighted by Crippen LogP contribution is -2.33. The van der Waals surface area contributed by atoms with Crippen LogP contribution in [-0.2, 0) is 9.59 Å². The zero-order chi connectivity index (χ0) is 14.7. The van der Waals surface area contributed by atoms with Gasteiger partial charge in [-0.2, -0.15) is 0 Å². The van der Waals surface area contributed by atoms with E-state index in [4.69, 9.17) is 0 Å². The molecule has 0 spiro atoms. The Morgan fingerprint density at radius 1 is 1.11 bits per heavy atom. The maximum atomic E-state index is 12.2. The summed E-state index contributed by atoms with van der Waals surface area (Å²) in [5, 5.41) is 19.9. The molecule has 0 saturated heterocycles. The van der Waals surface area contributed by atoms with Crippen LogP contribution in [0.25, 0.3) is 0 Å². The molecular weight excluding hydrogens is 244 g/mol. The predicted molar refractivity (Wildman–Crippen MR) is 72.5 cm³/mol. The molecule has 19 heavy (non-hydrogen) atoms. The van der Waals surface area contributed by atoms with E-state index in [1.165, 1.54) is 0 Å². The van der Waals surface area contributed by atoms with Crippen LogP contribution in [0.2, 0.25) is 0 Å². The zero-order valence-corrected chi connectivity index (χ0v) is 12.3. The highest BCUT2D eigenvalue weighted by Gasteiger charge is 2.51. The van der Waals surface area contributed by atoms with E-state index < -0.39 is 24.0 Å². The Balaban J connectivity index is 2.75. The lowest BCUT2D eigenvalue weighted by Gasteiger charge is -2.16. The Bertz CT molecular complexity index is 335. The fourth-order valence-corrected chi connectivity index (χ4v) is 2.71. The molecule has 0 aromatic carbocycles. The van der Waals surface area contributed by atoms with E-state index in [1.807, 2.05) is 27.7 Å². The zero-order valence-electron chi connectivity index (χ0n) is 12.3. The molecule has 4 atom stereocenters. The van der Waals surface area contributed by atoms with Crippen molar-refractivity contribution in [3.63, 3.8) is 0 Å². The van der Waals surface area contributed by atoms with E-state index in [9.17, 15) is 19.8 Å². The molecule has 0 bridgehead atoms. The van der Waals surface area contributed by atoms with Gasteiger partial charge in [-0.25, -0.2) is 0 Å². The molecule has 4 unspecified atom stereocenters. The van der Waals surface area contributed by atoms with Gasteiger partial charge in [0.15, 0.2) is 5.78 Å². The van der Waals surface area contributed by atoms with Gasteiger partial charge in [-0.1, -0.05) is 34.1 Å². The number of Topliss-reactive ketones (excluding diaryl/α,β-unsaturated/α-hetero) is 2. The fourth-order valence-electron chi connectivity index (χ4n) is 2.71. The van der Waals surface area contributed by atoms with Gasteiger partial charge in [0.05, 0.1) is 12.2 Å². The normalized spacial score (nSPS) is 31.5. The van der Waals surface area contributed by atoms with Crippen LogP contribution in [0.15, 0.2) is 0 Å². The van der Waals surface area contributed by atoms with Gasteiger partial charge in [-0.15, -0.1) is 0 Å². The van der Waals surface area contributed by atoms with Gasteiger partial charge in [-0.3, -0.25) is 9.59 Å². The van der Waals surface area contributed by atoms with Gasteiger partial charge in [0.1, 0.15) is 11.7 Å². The van der Waals surface area contributed by atoms with Gasteiger partial charge in [0.25, 0.3) is 0 Å². The molecule has 0 aliphatic heterocycles. The van der Waals surface area contributed by atoms with Crippen molar-refractivity contribution in [2.45, 2.75) is 59.2 Å². The molecule has 0 aromatic rings. The van der Waals surface area contributed by atoms with E-state index in [1.54, 1.807) is 0 Å². The maximum Gasteiger partial charge on any atom is 0.151 e. The number of hydrogen-bond acceptors (Lipinski definition) is 4. The summed E-state index contributed by atoms with van der Waals surface area (Å²) in [6, 6.07) is 0. The van der Waals surface area contributed by atoms with Crippen LogP contribution in [0.4, 0.5) is 0 Å². The van der Waals surface area contributed by atoms with Crippen molar-refractivity contribution >= 4 is 11.6 Å². The van der Waals surface area contributed by atoms with Gasteiger partial charge >= 0.3 is 0 Å². The van der Waals surface area contributed by atoms with E-state index in [2.05, 4.69) is 0 Å². The molecule has 1 fully saturated rings. The number of aliphatic hydroxyl groups is 2. The van der Waals surface area contributed by atoms with Gasteiger partial charge < -0.3 is 10.2 Å². The van der Waals surface area contributed by atoms with Crippen LogP contribution < -0.4 is 0 Å². The summed E-state index contributed by atoms with van der Waals surface area (Å²) in [5.74, 6) is -1.53. The molecule has 4 nitrogen and oxygen atoms in total. The second kappa shape index (κ2) is 6.62. The maximum absolute atomic E-state index is 12.2. The van der Waals surface area contributed by atoms with Crippen LogP contribution in [0.5, 0.6) is 0 Å². The average molecular weight is 270 g/mol. The first-order chi connectivity index (χ1) is 8.75. The van der Waals surface area contributed by atoms with Crippen LogP contribution in [0, 0.1) is 23.7 Å². The van der Waals surface area contributed by atoms with Crippen LogP contribution in [-0.4, -0.2) is 34.0 Å². The van der Waals surface area contributed by atoms with Crippen molar-refractivity contribution in [2.24, 2.45) is 23.7 Å².